The average Bonchev–Trinajstić information content (AvgIpc) is 3.25. The summed E-state index contributed by atoms with van der Waals surface area (Å²) in [4.78, 5) is 28.1. The van der Waals surface area contributed by atoms with Crippen LogP contribution in [-0.4, -0.2) is 70.3 Å². The Labute approximate surface area is 201 Å². The second-order valence-electron chi connectivity index (χ2n) is 8.58. The summed E-state index contributed by atoms with van der Waals surface area (Å²) in [5.41, 5.74) is 0.931. The molecule has 1 aliphatic rings. The Bertz CT molecular complexity index is 1140. The molecule has 0 spiro atoms. The van der Waals surface area contributed by atoms with Crippen LogP contribution in [0.3, 0.4) is 0 Å². The van der Waals surface area contributed by atoms with Crippen molar-refractivity contribution in [3.63, 3.8) is 0 Å². The number of carbonyl (C=O) groups is 1. The van der Waals surface area contributed by atoms with Crippen LogP contribution >= 0.6 is 11.3 Å². The standard InChI is InChI=1S/C23H29FN6O3S/c1-30(2)11-5-10-25-21(32)23-29-19-20(26-13-27-22(19)34-23)28-15-9-8-14(24)12-18(15)33-17-7-4-3-6-16(17)31/h8-9,12-13,16-17,31H,3-7,10-11H2,1-2H3,(H,25,32)(H,26,27,28)/t16-,17-/m0/s1. The predicted molar refractivity (Wildman–Crippen MR) is 129 cm³/mol. The highest BCUT2D eigenvalue weighted by Crippen LogP contribution is 2.34. The maximum atomic E-state index is 14.0. The molecule has 2 aromatic heterocycles. The van der Waals surface area contributed by atoms with Gasteiger partial charge in [0.2, 0.25) is 0 Å². The zero-order valence-electron chi connectivity index (χ0n) is 19.3. The SMILES string of the molecule is CN(C)CCCNC(=O)c1nc2c(Nc3ccc(F)cc3O[C@H]3CCCC[C@@H]3O)ncnc2s1. The van der Waals surface area contributed by atoms with E-state index in [0.717, 1.165) is 25.8 Å². The molecular formula is C23H29FN6O3S. The maximum absolute atomic E-state index is 14.0. The lowest BCUT2D eigenvalue weighted by atomic mass is 9.95. The van der Waals surface area contributed by atoms with Gasteiger partial charge in [-0.3, -0.25) is 4.79 Å². The minimum Gasteiger partial charge on any atom is -0.485 e. The van der Waals surface area contributed by atoms with Crippen molar-refractivity contribution in [1.82, 2.24) is 25.2 Å². The molecule has 0 saturated heterocycles. The van der Waals surface area contributed by atoms with Gasteiger partial charge in [0, 0.05) is 12.6 Å². The quantitative estimate of drug-likeness (QED) is 0.393. The molecule has 1 aromatic carbocycles. The van der Waals surface area contributed by atoms with Gasteiger partial charge in [-0.15, -0.1) is 0 Å². The number of nitrogens with one attached hydrogen (secondary N) is 2. The van der Waals surface area contributed by atoms with E-state index in [4.69, 9.17) is 4.74 Å². The first-order valence-corrected chi connectivity index (χ1v) is 12.2. The van der Waals surface area contributed by atoms with E-state index in [0.29, 0.717) is 46.2 Å². The largest absolute Gasteiger partial charge is 0.485 e. The van der Waals surface area contributed by atoms with Gasteiger partial charge in [0.05, 0.1) is 11.8 Å². The van der Waals surface area contributed by atoms with Gasteiger partial charge in [0.15, 0.2) is 10.8 Å². The van der Waals surface area contributed by atoms with Crippen molar-refractivity contribution >= 4 is 39.1 Å². The van der Waals surface area contributed by atoms with Gasteiger partial charge in [-0.1, -0.05) is 17.8 Å². The van der Waals surface area contributed by atoms with E-state index >= 15 is 0 Å². The molecule has 34 heavy (non-hydrogen) atoms. The maximum Gasteiger partial charge on any atom is 0.280 e. The molecule has 1 amide bonds. The number of fused-ring (bicyclic) bond motifs is 1. The number of benzene rings is 1. The van der Waals surface area contributed by atoms with Crippen molar-refractivity contribution in [1.29, 1.82) is 0 Å². The lowest BCUT2D eigenvalue weighted by molar-refractivity contribution is 0.00712. The minimum absolute atomic E-state index is 0.259. The third-order valence-corrected chi connectivity index (χ3v) is 6.56. The molecule has 4 rings (SSSR count). The Morgan fingerprint density at radius 3 is 2.91 bits per heavy atom. The molecule has 1 aliphatic carbocycles. The fraction of sp³-hybridized carbons (Fsp3) is 0.478. The number of aromatic nitrogens is 3. The van der Waals surface area contributed by atoms with Crippen molar-refractivity contribution in [3.05, 3.63) is 35.4 Å². The molecule has 9 nitrogen and oxygen atoms in total. The number of ether oxygens (including phenoxy) is 1. The number of amides is 1. The van der Waals surface area contributed by atoms with E-state index < -0.39 is 18.0 Å². The number of carbonyl (C=O) groups excluding carboxylic acids is 1. The topological polar surface area (TPSA) is 113 Å². The number of aliphatic hydroxyl groups is 1. The van der Waals surface area contributed by atoms with Gasteiger partial charge in [-0.25, -0.2) is 19.3 Å². The van der Waals surface area contributed by atoms with E-state index in [1.54, 1.807) is 6.07 Å². The van der Waals surface area contributed by atoms with Crippen LogP contribution in [0.1, 0.15) is 41.9 Å². The van der Waals surface area contributed by atoms with Crippen molar-refractivity contribution in [3.8, 4) is 5.75 Å². The molecule has 182 valence electrons. The van der Waals surface area contributed by atoms with E-state index in [9.17, 15) is 14.3 Å². The Morgan fingerprint density at radius 2 is 2.12 bits per heavy atom. The second kappa shape index (κ2) is 11.0. The predicted octanol–water partition coefficient (Wildman–Crippen LogP) is 3.33. The first-order valence-electron chi connectivity index (χ1n) is 11.4. The van der Waals surface area contributed by atoms with Crippen molar-refractivity contribution in [2.45, 2.75) is 44.3 Å². The Balaban J connectivity index is 1.53. The van der Waals surface area contributed by atoms with Crippen molar-refractivity contribution in [2.75, 3.05) is 32.5 Å². The molecule has 11 heteroatoms. The third kappa shape index (κ3) is 5.96. The summed E-state index contributed by atoms with van der Waals surface area (Å²) in [5.74, 6) is -0.0364. The first-order chi connectivity index (χ1) is 16.4. The lowest BCUT2D eigenvalue weighted by Crippen LogP contribution is -2.34. The molecule has 1 saturated carbocycles. The minimum atomic E-state index is -0.590. The summed E-state index contributed by atoms with van der Waals surface area (Å²) in [6.07, 6.45) is 4.49. The van der Waals surface area contributed by atoms with Gasteiger partial charge in [0.25, 0.3) is 5.91 Å². The number of halogens is 1. The summed E-state index contributed by atoms with van der Waals surface area (Å²) in [6, 6.07) is 4.16. The normalized spacial score (nSPS) is 18.3. The van der Waals surface area contributed by atoms with Crippen LogP contribution in [0.25, 0.3) is 10.3 Å². The highest BCUT2D eigenvalue weighted by Gasteiger charge is 2.26. The Morgan fingerprint density at radius 1 is 1.29 bits per heavy atom. The van der Waals surface area contributed by atoms with Crippen molar-refractivity contribution in [2.24, 2.45) is 0 Å². The molecule has 0 unspecified atom stereocenters. The number of anilines is 2. The monoisotopic (exact) mass is 488 g/mol. The van der Waals surface area contributed by atoms with E-state index in [-0.39, 0.29) is 11.7 Å². The number of hydrogen-bond donors (Lipinski definition) is 3. The Kier molecular flexibility index (Phi) is 7.86. The number of aliphatic hydroxyl groups excluding tert-OH is 1. The highest BCUT2D eigenvalue weighted by atomic mass is 32.1. The van der Waals surface area contributed by atoms with Crippen molar-refractivity contribution < 1.29 is 19.0 Å². The molecule has 0 aliphatic heterocycles. The molecule has 2 atom stereocenters. The first kappa shape index (κ1) is 24.2. The summed E-state index contributed by atoms with van der Waals surface area (Å²) < 4.78 is 20.0. The van der Waals surface area contributed by atoms with Gasteiger partial charge >= 0.3 is 0 Å². The van der Waals surface area contributed by atoms with E-state index in [1.807, 2.05) is 14.1 Å². The van der Waals surface area contributed by atoms with Gasteiger partial charge < -0.3 is 25.4 Å². The van der Waals surface area contributed by atoms with Gasteiger partial charge in [-0.05, 0) is 58.5 Å². The number of hydrogen-bond acceptors (Lipinski definition) is 9. The highest BCUT2D eigenvalue weighted by molar-refractivity contribution is 7.19. The van der Waals surface area contributed by atoms with E-state index in [2.05, 4.69) is 30.5 Å². The fourth-order valence-corrected chi connectivity index (χ4v) is 4.64. The van der Waals surface area contributed by atoms with Crippen LogP contribution in [-0.2, 0) is 0 Å². The third-order valence-electron chi connectivity index (χ3n) is 5.60. The van der Waals surface area contributed by atoms with Crippen LogP contribution in [0.15, 0.2) is 24.5 Å². The van der Waals surface area contributed by atoms with Gasteiger partial charge in [-0.2, -0.15) is 0 Å². The number of thiazole rings is 1. The summed E-state index contributed by atoms with van der Waals surface area (Å²) in [5, 5.41) is 16.6. The zero-order chi connectivity index (χ0) is 24.1. The number of nitrogens with zero attached hydrogens (tertiary/aromatic N) is 4. The van der Waals surface area contributed by atoms with Gasteiger partial charge in [0.1, 0.15) is 34.3 Å². The number of rotatable bonds is 9. The van der Waals surface area contributed by atoms with Crippen LogP contribution in [0.5, 0.6) is 5.75 Å². The molecule has 3 aromatic rings. The Hall–Kier alpha value is -2.89. The van der Waals surface area contributed by atoms with E-state index in [1.165, 1.54) is 29.8 Å². The van der Waals surface area contributed by atoms with Crippen LogP contribution in [0, 0.1) is 5.82 Å². The molecule has 1 fully saturated rings. The molecule has 3 N–H and O–H groups in total. The van der Waals surface area contributed by atoms with Crippen LogP contribution in [0.2, 0.25) is 0 Å². The lowest BCUT2D eigenvalue weighted by Gasteiger charge is -2.29. The van der Waals surface area contributed by atoms with Crippen LogP contribution < -0.4 is 15.4 Å². The molecule has 0 radical (unpaired) electrons. The summed E-state index contributed by atoms with van der Waals surface area (Å²) in [6.45, 7) is 1.42. The summed E-state index contributed by atoms with van der Waals surface area (Å²) in [7, 11) is 3.97. The molecular weight excluding hydrogens is 459 g/mol. The summed E-state index contributed by atoms with van der Waals surface area (Å²) >= 11 is 1.18. The average molecular weight is 489 g/mol. The smallest absolute Gasteiger partial charge is 0.280 e. The second-order valence-corrected chi connectivity index (χ2v) is 9.56. The van der Waals surface area contributed by atoms with Crippen LogP contribution in [0.4, 0.5) is 15.9 Å². The fourth-order valence-electron chi connectivity index (χ4n) is 3.82. The molecule has 2 heterocycles. The molecule has 0 bridgehead atoms. The zero-order valence-corrected chi connectivity index (χ0v) is 20.1.